The Labute approximate surface area is 92.8 Å². The predicted octanol–water partition coefficient (Wildman–Crippen LogP) is 4.09. The molecule has 1 rings (SSSR count). The molecule has 0 nitrogen and oxygen atoms in total. The second-order valence-electron chi connectivity index (χ2n) is 1.78. The smallest absolute Gasteiger partial charge is 0.152 e. The van der Waals surface area contributed by atoms with E-state index in [2.05, 4.69) is 31.9 Å². The summed E-state index contributed by atoms with van der Waals surface area (Å²) in [4.78, 5) is 0. The van der Waals surface area contributed by atoms with Gasteiger partial charge in [0, 0.05) is 0 Å². The molecular formula is C6HBr2F2I. The molecule has 0 bridgehead atoms. The van der Waals surface area contributed by atoms with Crippen molar-refractivity contribution in [1.29, 1.82) is 0 Å². The van der Waals surface area contributed by atoms with Gasteiger partial charge in [0.15, 0.2) is 5.82 Å². The van der Waals surface area contributed by atoms with Crippen LogP contribution in [0.3, 0.4) is 0 Å². The van der Waals surface area contributed by atoms with E-state index < -0.39 is 11.6 Å². The summed E-state index contributed by atoms with van der Waals surface area (Å²) in [5, 5.41) is 0. The van der Waals surface area contributed by atoms with E-state index in [1.54, 1.807) is 22.6 Å². The normalized spacial score (nSPS) is 10.3. The first-order chi connectivity index (χ1) is 5.04. The molecule has 0 aliphatic heterocycles. The molecule has 60 valence electrons. The zero-order valence-corrected chi connectivity index (χ0v) is 10.3. The molecule has 1 aromatic carbocycles. The van der Waals surface area contributed by atoms with E-state index in [0.29, 0.717) is 0 Å². The lowest BCUT2D eigenvalue weighted by molar-refractivity contribution is 0.582. The van der Waals surface area contributed by atoms with Crippen molar-refractivity contribution in [3.63, 3.8) is 0 Å². The minimum Gasteiger partial charge on any atom is -0.206 e. The maximum atomic E-state index is 12.9. The lowest BCUT2D eigenvalue weighted by Gasteiger charge is -2.01. The van der Waals surface area contributed by atoms with Crippen molar-refractivity contribution < 1.29 is 8.78 Å². The summed E-state index contributed by atoms with van der Waals surface area (Å²) in [7, 11) is 0. The molecule has 1 aromatic rings. The summed E-state index contributed by atoms with van der Waals surface area (Å²) in [6.07, 6.45) is 0. The van der Waals surface area contributed by atoms with Crippen LogP contribution in [0.1, 0.15) is 0 Å². The van der Waals surface area contributed by atoms with E-state index in [1.165, 1.54) is 0 Å². The summed E-state index contributed by atoms with van der Waals surface area (Å²) in [6, 6.07) is 1.13. The van der Waals surface area contributed by atoms with Gasteiger partial charge in [-0.25, -0.2) is 8.78 Å². The van der Waals surface area contributed by atoms with Crippen LogP contribution in [0.2, 0.25) is 0 Å². The topological polar surface area (TPSA) is 0 Å². The van der Waals surface area contributed by atoms with Crippen molar-refractivity contribution in [3.8, 4) is 0 Å². The summed E-state index contributed by atoms with van der Waals surface area (Å²) >= 11 is 7.54. The average Bonchev–Trinajstić information content (AvgIpc) is 1.97. The summed E-state index contributed by atoms with van der Waals surface area (Å²) < 4.78 is 26.2. The number of hydrogen-bond donors (Lipinski definition) is 0. The fourth-order valence-electron chi connectivity index (χ4n) is 0.544. The number of benzene rings is 1. The maximum Gasteiger partial charge on any atom is 0.152 e. The Morgan fingerprint density at radius 2 is 1.73 bits per heavy atom. The monoisotopic (exact) mass is 396 g/mol. The lowest BCUT2D eigenvalue weighted by atomic mass is 10.3. The van der Waals surface area contributed by atoms with Gasteiger partial charge in [-0.1, -0.05) is 0 Å². The Hall–Kier alpha value is 0.770. The number of halogens is 5. The molecule has 0 spiro atoms. The molecule has 0 unspecified atom stereocenters. The highest BCUT2D eigenvalue weighted by Crippen LogP contribution is 2.31. The van der Waals surface area contributed by atoms with Gasteiger partial charge >= 0.3 is 0 Å². The third-order valence-electron chi connectivity index (χ3n) is 1.06. The van der Waals surface area contributed by atoms with Crippen LogP contribution in [-0.2, 0) is 0 Å². The molecule has 0 N–H and O–H groups in total. The van der Waals surface area contributed by atoms with E-state index in [0.717, 1.165) is 6.07 Å². The van der Waals surface area contributed by atoms with Crippen molar-refractivity contribution in [2.75, 3.05) is 0 Å². The van der Waals surface area contributed by atoms with E-state index in [1.807, 2.05) is 0 Å². The summed E-state index contributed by atoms with van der Waals surface area (Å²) in [6.45, 7) is 0. The van der Waals surface area contributed by atoms with Crippen LogP contribution in [-0.4, -0.2) is 0 Å². The van der Waals surface area contributed by atoms with Crippen molar-refractivity contribution in [2.24, 2.45) is 0 Å². The maximum absolute atomic E-state index is 12.9. The Kier molecular flexibility index (Phi) is 3.27. The van der Waals surface area contributed by atoms with Gasteiger partial charge in [-0.15, -0.1) is 0 Å². The first-order valence-electron chi connectivity index (χ1n) is 2.52. The van der Waals surface area contributed by atoms with E-state index >= 15 is 0 Å². The molecule has 0 radical (unpaired) electrons. The van der Waals surface area contributed by atoms with Gasteiger partial charge in [0.2, 0.25) is 0 Å². The summed E-state index contributed by atoms with van der Waals surface area (Å²) in [5.74, 6) is -0.915. The average molecular weight is 398 g/mol. The van der Waals surface area contributed by atoms with Gasteiger partial charge in [-0.3, -0.25) is 0 Å². The van der Waals surface area contributed by atoms with Gasteiger partial charge in [0.1, 0.15) is 5.82 Å². The molecule has 11 heavy (non-hydrogen) atoms. The predicted molar refractivity (Wildman–Crippen MR) is 54.5 cm³/mol. The van der Waals surface area contributed by atoms with E-state index in [4.69, 9.17) is 0 Å². The molecule has 0 saturated carbocycles. The van der Waals surface area contributed by atoms with Crippen molar-refractivity contribution in [1.82, 2.24) is 0 Å². The molecule has 0 aliphatic carbocycles. The van der Waals surface area contributed by atoms with Gasteiger partial charge in [-0.2, -0.15) is 0 Å². The third-order valence-corrected chi connectivity index (χ3v) is 3.90. The van der Waals surface area contributed by atoms with Crippen LogP contribution in [0.5, 0.6) is 0 Å². The highest BCUT2D eigenvalue weighted by Gasteiger charge is 2.12. The molecule has 0 amide bonds. The molecule has 0 heterocycles. The molecule has 5 heteroatoms. The van der Waals surface area contributed by atoms with Crippen LogP contribution in [0, 0.1) is 15.2 Å². The SMILES string of the molecule is Fc1cc(I)c(F)c(Br)c1Br. The molecule has 0 aromatic heterocycles. The largest absolute Gasteiger partial charge is 0.206 e. The standard InChI is InChI=1S/C6HBr2F2I/c7-4-2(9)1-3(11)6(10)5(4)8/h1H. The van der Waals surface area contributed by atoms with Crippen LogP contribution in [0.15, 0.2) is 15.0 Å². The van der Waals surface area contributed by atoms with Crippen LogP contribution in [0.25, 0.3) is 0 Å². The molecule has 0 saturated heterocycles. The lowest BCUT2D eigenvalue weighted by Crippen LogP contribution is -1.88. The van der Waals surface area contributed by atoms with Crippen LogP contribution >= 0.6 is 54.5 Å². The zero-order chi connectivity index (χ0) is 8.59. The Morgan fingerprint density at radius 3 is 2.27 bits per heavy atom. The Balaban J connectivity index is 3.46. The first-order valence-corrected chi connectivity index (χ1v) is 5.19. The molecule has 0 atom stereocenters. The summed E-state index contributed by atoms with van der Waals surface area (Å²) in [5.41, 5.74) is 0. The van der Waals surface area contributed by atoms with Gasteiger partial charge in [0.25, 0.3) is 0 Å². The third kappa shape index (κ3) is 1.92. The van der Waals surface area contributed by atoms with E-state index in [-0.39, 0.29) is 12.5 Å². The molecule has 0 aliphatic rings. The fourth-order valence-corrected chi connectivity index (χ4v) is 2.15. The number of hydrogen-bond acceptors (Lipinski definition) is 0. The fraction of sp³-hybridized carbons (Fsp3) is 0. The highest BCUT2D eigenvalue weighted by atomic mass is 127. The highest BCUT2D eigenvalue weighted by molar-refractivity contribution is 14.1. The zero-order valence-electron chi connectivity index (χ0n) is 4.97. The van der Waals surface area contributed by atoms with Crippen LogP contribution in [0.4, 0.5) is 8.78 Å². The molecule has 0 fully saturated rings. The minimum atomic E-state index is -0.470. The molecular weight excluding hydrogens is 397 g/mol. The van der Waals surface area contributed by atoms with Crippen LogP contribution < -0.4 is 0 Å². The minimum absolute atomic E-state index is 0.121. The second-order valence-corrected chi connectivity index (χ2v) is 4.53. The Bertz CT molecular complexity index is 275. The van der Waals surface area contributed by atoms with Crippen molar-refractivity contribution in [3.05, 3.63) is 30.2 Å². The van der Waals surface area contributed by atoms with Crippen molar-refractivity contribution in [2.45, 2.75) is 0 Å². The second kappa shape index (κ2) is 3.66. The van der Waals surface area contributed by atoms with Gasteiger partial charge in [0.05, 0.1) is 12.5 Å². The van der Waals surface area contributed by atoms with Gasteiger partial charge < -0.3 is 0 Å². The van der Waals surface area contributed by atoms with Crippen molar-refractivity contribution >= 4 is 54.5 Å². The first kappa shape index (κ1) is 9.85. The van der Waals surface area contributed by atoms with Gasteiger partial charge in [-0.05, 0) is 60.5 Å². The van der Waals surface area contributed by atoms with E-state index in [9.17, 15) is 8.78 Å². The Morgan fingerprint density at radius 1 is 1.18 bits per heavy atom. The quantitative estimate of drug-likeness (QED) is 0.351. The number of rotatable bonds is 0.